The highest BCUT2D eigenvalue weighted by molar-refractivity contribution is 5.85. The Balaban J connectivity index is 0.00000192. The van der Waals surface area contributed by atoms with Crippen molar-refractivity contribution in [3.05, 3.63) is 35.4 Å². The molecule has 4 nitrogen and oxygen atoms in total. The van der Waals surface area contributed by atoms with Crippen molar-refractivity contribution in [3.8, 4) is 0 Å². The first-order chi connectivity index (χ1) is 10.7. The second-order valence-corrected chi connectivity index (χ2v) is 6.89. The molecule has 2 aliphatic rings. The van der Waals surface area contributed by atoms with Crippen LogP contribution in [0, 0.1) is 17.8 Å². The fourth-order valence-electron chi connectivity index (χ4n) is 4.17. The summed E-state index contributed by atoms with van der Waals surface area (Å²) >= 11 is 0. The van der Waals surface area contributed by atoms with Gasteiger partial charge < -0.3 is 16.2 Å². The zero-order valence-electron chi connectivity index (χ0n) is 13.4. The van der Waals surface area contributed by atoms with Crippen LogP contribution < -0.4 is 11.1 Å². The maximum atomic E-state index is 12.5. The Morgan fingerprint density at radius 2 is 1.87 bits per heavy atom. The molecule has 2 saturated carbocycles. The smallest absolute Gasteiger partial charge is 0.223 e. The Morgan fingerprint density at radius 1 is 1.22 bits per heavy atom. The highest BCUT2D eigenvalue weighted by Crippen LogP contribution is 2.41. The Kier molecular flexibility index (Phi) is 6.45. The Labute approximate surface area is 144 Å². The van der Waals surface area contributed by atoms with Crippen LogP contribution in [0.5, 0.6) is 0 Å². The quantitative estimate of drug-likeness (QED) is 0.789. The lowest BCUT2D eigenvalue weighted by Gasteiger charge is -2.43. The first-order valence-electron chi connectivity index (χ1n) is 8.39. The van der Waals surface area contributed by atoms with Gasteiger partial charge in [-0.15, -0.1) is 12.4 Å². The van der Waals surface area contributed by atoms with E-state index in [0.29, 0.717) is 24.4 Å². The van der Waals surface area contributed by atoms with Crippen molar-refractivity contribution in [1.29, 1.82) is 0 Å². The lowest BCUT2D eigenvalue weighted by Crippen LogP contribution is -2.49. The van der Waals surface area contributed by atoms with Gasteiger partial charge in [0.2, 0.25) is 5.91 Å². The largest absolute Gasteiger partial charge is 0.392 e. The Morgan fingerprint density at radius 3 is 2.52 bits per heavy atom. The number of amides is 1. The number of carbonyl (C=O) groups is 1. The average molecular weight is 339 g/mol. The molecule has 1 aromatic rings. The van der Waals surface area contributed by atoms with Crippen molar-refractivity contribution < 1.29 is 9.90 Å². The van der Waals surface area contributed by atoms with Gasteiger partial charge >= 0.3 is 0 Å². The number of nitrogens with one attached hydrogen (secondary N) is 1. The van der Waals surface area contributed by atoms with E-state index < -0.39 is 0 Å². The van der Waals surface area contributed by atoms with Crippen molar-refractivity contribution in [3.63, 3.8) is 0 Å². The van der Waals surface area contributed by atoms with Gasteiger partial charge in [-0.1, -0.05) is 30.7 Å². The van der Waals surface area contributed by atoms with E-state index in [2.05, 4.69) is 5.32 Å². The summed E-state index contributed by atoms with van der Waals surface area (Å²) in [6, 6.07) is 8.02. The number of rotatable bonds is 4. The van der Waals surface area contributed by atoms with Crippen molar-refractivity contribution in [1.82, 2.24) is 5.32 Å². The normalized spacial score (nSPS) is 29.5. The van der Waals surface area contributed by atoms with Gasteiger partial charge in [-0.05, 0) is 48.6 Å². The number of hydrogen-bond donors (Lipinski definition) is 3. The van der Waals surface area contributed by atoms with Crippen LogP contribution in [0.3, 0.4) is 0 Å². The minimum atomic E-state index is 0. The van der Waals surface area contributed by atoms with Crippen molar-refractivity contribution in [2.24, 2.45) is 23.5 Å². The minimum absolute atomic E-state index is 0. The maximum Gasteiger partial charge on any atom is 0.223 e. The molecule has 2 fully saturated rings. The SMILES string of the molecule is Cl.NC1C2CCCC1CC(C(=O)NCc1cccc(CO)c1)C2. The first kappa shape index (κ1) is 18.2. The number of aliphatic hydroxyl groups is 1. The zero-order valence-corrected chi connectivity index (χ0v) is 14.2. The average Bonchev–Trinajstić information content (AvgIpc) is 2.52. The van der Waals surface area contributed by atoms with E-state index in [-0.39, 0.29) is 30.8 Å². The van der Waals surface area contributed by atoms with Gasteiger partial charge in [0, 0.05) is 18.5 Å². The number of benzene rings is 1. The fourth-order valence-corrected chi connectivity index (χ4v) is 4.17. The summed E-state index contributed by atoms with van der Waals surface area (Å²) in [6.07, 6.45) is 5.52. The van der Waals surface area contributed by atoms with E-state index >= 15 is 0 Å². The summed E-state index contributed by atoms with van der Waals surface area (Å²) in [5.74, 6) is 1.34. The molecule has 0 spiro atoms. The molecule has 3 rings (SSSR count). The van der Waals surface area contributed by atoms with Crippen LogP contribution in [0.4, 0.5) is 0 Å². The molecule has 23 heavy (non-hydrogen) atoms. The van der Waals surface area contributed by atoms with Crippen LogP contribution in [0.1, 0.15) is 43.2 Å². The third-order valence-corrected chi connectivity index (χ3v) is 5.42. The van der Waals surface area contributed by atoms with Gasteiger partial charge in [0.15, 0.2) is 0 Å². The minimum Gasteiger partial charge on any atom is -0.392 e. The third-order valence-electron chi connectivity index (χ3n) is 5.42. The van der Waals surface area contributed by atoms with E-state index in [4.69, 9.17) is 10.8 Å². The van der Waals surface area contributed by atoms with Gasteiger partial charge in [-0.2, -0.15) is 0 Å². The summed E-state index contributed by atoms with van der Waals surface area (Å²) < 4.78 is 0. The molecule has 2 atom stereocenters. The van der Waals surface area contributed by atoms with Crippen molar-refractivity contribution >= 4 is 18.3 Å². The summed E-state index contributed by atoms with van der Waals surface area (Å²) in [7, 11) is 0. The van der Waals surface area contributed by atoms with Gasteiger partial charge in [-0.25, -0.2) is 0 Å². The number of carbonyl (C=O) groups excluding carboxylic acids is 1. The standard InChI is InChI=1S/C18H26N2O2.ClH/c19-17-14-5-2-6-15(17)9-16(8-14)18(22)20-10-12-3-1-4-13(7-12)11-21;/h1,3-4,7,14-17,21H,2,5-6,8-11,19H2,(H,20,22);1H. The highest BCUT2D eigenvalue weighted by atomic mass is 35.5. The zero-order chi connectivity index (χ0) is 15.5. The van der Waals surface area contributed by atoms with E-state index in [1.165, 1.54) is 19.3 Å². The monoisotopic (exact) mass is 338 g/mol. The van der Waals surface area contributed by atoms with Gasteiger partial charge in [0.25, 0.3) is 0 Å². The molecule has 0 saturated heterocycles. The second kappa shape index (κ2) is 8.13. The van der Waals surface area contributed by atoms with Crippen LogP contribution in [0.25, 0.3) is 0 Å². The van der Waals surface area contributed by atoms with Crippen LogP contribution >= 0.6 is 12.4 Å². The predicted octanol–water partition coefficient (Wildman–Crippen LogP) is 2.37. The van der Waals surface area contributed by atoms with E-state index in [9.17, 15) is 4.79 Å². The fraction of sp³-hybridized carbons (Fsp3) is 0.611. The lowest BCUT2D eigenvalue weighted by molar-refractivity contribution is -0.128. The van der Waals surface area contributed by atoms with Crippen molar-refractivity contribution in [2.45, 2.75) is 51.3 Å². The predicted molar refractivity (Wildman–Crippen MR) is 93.0 cm³/mol. The van der Waals surface area contributed by atoms with E-state index in [1.54, 1.807) is 0 Å². The summed E-state index contributed by atoms with van der Waals surface area (Å²) in [5, 5.41) is 12.2. The summed E-state index contributed by atoms with van der Waals surface area (Å²) in [6.45, 7) is 0.566. The van der Waals surface area contributed by atoms with Crippen LogP contribution in [0.2, 0.25) is 0 Å². The van der Waals surface area contributed by atoms with Gasteiger partial charge in [0.05, 0.1) is 6.61 Å². The molecule has 0 aliphatic heterocycles. The molecule has 2 unspecified atom stereocenters. The summed E-state index contributed by atoms with van der Waals surface area (Å²) in [4.78, 5) is 12.5. The molecule has 128 valence electrons. The van der Waals surface area contributed by atoms with E-state index in [0.717, 1.165) is 24.0 Å². The second-order valence-electron chi connectivity index (χ2n) is 6.89. The topological polar surface area (TPSA) is 75.4 Å². The van der Waals surface area contributed by atoms with Crippen LogP contribution in [-0.4, -0.2) is 17.1 Å². The maximum absolute atomic E-state index is 12.5. The van der Waals surface area contributed by atoms with Crippen LogP contribution in [0.15, 0.2) is 24.3 Å². The number of aliphatic hydroxyl groups excluding tert-OH is 1. The Bertz CT molecular complexity index is 524. The molecule has 5 heteroatoms. The van der Waals surface area contributed by atoms with Crippen molar-refractivity contribution in [2.75, 3.05) is 0 Å². The molecular formula is C18H27ClN2O2. The molecule has 1 aromatic carbocycles. The molecule has 1 amide bonds. The number of hydrogen-bond acceptors (Lipinski definition) is 3. The number of halogens is 1. The molecule has 0 radical (unpaired) electrons. The molecule has 0 aromatic heterocycles. The third kappa shape index (κ3) is 4.25. The van der Waals surface area contributed by atoms with E-state index in [1.807, 2.05) is 24.3 Å². The number of fused-ring (bicyclic) bond motifs is 2. The first-order valence-corrected chi connectivity index (χ1v) is 8.39. The van der Waals surface area contributed by atoms with Gasteiger partial charge in [-0.3, -0.25) is 4.79 Å². The molecule has 0 heterocycles. The molecule has 4 N–H and O–H groups in total. The molecular weight excluding hydrogens is 312 g/mol. The van der Waals surface area contributed by atoms with Gasteiger partial charge in [0.1, 0.15) is 0 Å². The lowest BCUT2D eigenvalue weighted by atomic mass is 9.65. The summed E-state index contributed by atoms with van der Waals surface area (Å²) in [5.41, 5.74) is 8.20. The molecule has 2 aliphatic carbocycles. The molecule has 2 bridgehead atoms. The Hall–Kier alpha value is -1.10. The van der Waals surface area contributed by atoms with Crippen LogP contribution in [-0.2, 0) is 17.9 Å². The number of nitrogens with two attached hydrogens (primary N) is 1. The highest BCUT2D eigenvalue weighted by Gasteiger charge is 2.40.